The number of nitrogens with zero attached hydrogens (tertiary/aromatic N) is 3. The summed E-state index contributed by atoms with van der Waals surface area (Å²) < 4.78 is 11.6. The Labute approximate surface area is 197 Å². The number of likely N-dealkylation sites (N-methyl/N-ethyl adjacent to an activating group) is 1. The predicted octanol–water partition coefficient (Wildman–Crippen LogP) is 4.82. The first-order valence-electron chi connectivity index (χ1n) is 11.0. The van der Waals surface area contributed by atoms with Gasteiger partial charge in [-0.15, -0.1) is 0 Å². The Kier molecular flexibility index (Phi) is 6.36. The number of rotatable bonds is 2. The molecule has 2 heterocycles. The molecule has 0 saturated carbocycles. The van der Waals surface area contributed by atoms with Crippen molar-refractivity contribution in [1.29, 1.82) is 0 Å². The summed E-state index contributed by atoms with van der Waals surface area (Å²) in [5.41, 5.74) is 1.21. The van der Waals surface area contributed by atoms with Gasteiger partial charge >= 0.3 is 12.2 Å². The van der Waals surface area contributed by atoms with Gasteiger partial charge in [0.05, 0.1) is 5.69 Å². The highest BCUT2D eigenvalue weighted by Crippen LogP contribution is 2.46. The second-order valence-electron chi connectivity index (χ2n) is 9.45. The Morgan fingerprint density at radius 3 is 2.34 bits per heavy atom. The maximum absolute atomic E-state index is 13.0. The maximum Gasteiger partial charge on any atom is 0.415 e. The predicted molar refractivity (Wildman–Crippen MR) is 129 cm³/mol. The zero-order valence-electron chi connectivity index (χ0n) is 19.1. The van der Waals surface area contributed by atoms with Crippen LogP contribution in [0.15, 0.2) is 30.3 Å². The molecule has 7 nitrogen and oxygen atoms in total. The Hall–Kier alpha value is -2.32. The molecule has 2 aliphatic rings. The summed E-state index contributed by atoms with van der Waals surface area (Å²) in [6.45, 7) is 8.98. The van der Waals surface area contributed by atoms with Crippen molar-refractivity contribution in [2.24, 2.45) is 0 Å². The fraction of sp³-hybridized carbons (Fsp3) is 0.500. The standard InChI is InChI=1S/C24H30BrN3O4/c1-24(2,3)32-23(30)28-15-16(14-25)21-18-8-6-5-7-17(18)20(13-19(21)28)31-22(29)27-11-9-26(4)10-12-27/h5-8,13,16H,9-12,14-15H2,1-4H3/t16-/m1/s1. The highest BCUT2D eigenvalue weighted by Gasteiger charge is 2.37. The van der Waals surface area contributed by atoms with E-state index in [1.165, 1.54) is 0 Å². The van der Waals surface area contributed by atoms with E-state index < -0.39 is 11.7 Å². The fourth-order valence-corrected chi connectivity index (χ4v) is 4.79. The summed E-state index contributed by atoms with van der Waals surface area (Å²) in [4.78, 5) is 31.5. The molecule has 0 spiro atoms. The van der Waals surface area contributed by atoms with E-state index in [1.54, 1.807) is 9.80 Å². The third-order valence-electron chi connectivity index (χ3n) is 5.89. The van der Waals surface area contributed by atoms with Crippen molar-refractivity contribution < 1.29 is 19.1 Å². The number of hydrogen-bond donors (Lipinski definition) is 0. The number of benzene rings is 2. The van der Waals surface area contributed by atoms with Gasteiger partial charge in [0.15, 0.2) is 0 Å². The van der Waals surface area contributed by atoms with Crippen molar-refractivity contribution in [3.63, 3.8) is 0 Å². The normalized spacial score (nSPS) is 19.2. The Morgan fingerprint density at radius 2 is 1.72 bits per heavy atom. The van der Waals surface area contributed by atoms with Crippen molar-refractivity contribution in [2.75, 3.05) is 50.0 Å². The van der Waals surface area contributed by atoms with E-state index in [-0.39, 0.29) is 12.0 Å². The summed E-state index contributed by atoms with van der Waals surface area (Å²) in [5, 5.41) is 2.57. The van der Waals surface area contributed by atoms with Crippen molar-refractivity contribution >= 4 is 44.6 Å². The molecule has 2 amide bonds. The number of anilines is 1. The van der Waals surface area contributed by atoms with Gasteiger partial charge in [-0.25, -0.2) is 9.59 Å². The van der Waals surface area contributed by atoms with Crippen LogP contribution in [0.1, 0.15) is 32.3 Å². The van der Waals surface area contributed by atoms with Crippen LogP contribution < -0.4 is 9.64 Å². The minimum atomic E-state index is -0.600. The molecule has 1 saturated heterocycles. The van der Waals surface area contributed by atoms with Crippen LogP contribution in [0.5, 0.6) is 5.75 Å². The van der Waals surface area contributed by atoms with Gasteiger partial charge in [-0.1, -0.05) is 40.2 Å². The molecule has 0 radical (unpaired) electrons. The summed E-state index contributed by atoms with van der Waals surface area (Å²) in [6.07, 6.45) is -0.754. The van der Waals surface area contributed by atoms with Crippen molar-refractivity contribution in [3.8, 4) is 5.75 Å². The molecule has 0 N–H and O–H groups in total. The SMILES string of the molecule is CN1CCN(C(=O)Oc2cc3c(c4ccccc24)[C@H](CBr)CN3C(=O)OC(C)(C)C)CC1. The lowest BCUT2D eigenvalue weighted by molar-refractivity contribution is 0.0582. The highest BCUT2D eigenvalue weighted by atomic mass is 79.9. The molecule has 0 bridgehead atoms. The van der Waals surface area contributed by atoms with Gasteiger partial charge in [-0.05, 0) is 38.8 Å². The summed E-state index contributed by atoms with van der Waals surface area (Å²) in [7, 11) is 2.04. The fourth-order valence-electron chi connectivity index (χ4n) is 4.26. The molecule has 1 atom stereocenters. The number of carbonyl (C=O) groups excluding carboxylic acids is 2. The Bertz CT molecular complexity index is 1030. The Balaban J connectivity index is 1.73. The molecule has 2 aromatic rings. The van der Waals surface area contributed by atoms with Gasteiger partial charge in [0, 0.05) is 55.4 Å². The molecule has 32 heavy (non-hydrogen) atoms. The van der Waals surface area contributed by atoms with Crippen LogP contribution in [-0.2, 0) is 4.74 Å². The second-order valence-corrected chi connectivity index (χ2v) is 10.1. The summed E-state index contributed by atoms with van der Waals surface area (Å²) >= 11 is 3.61. The molecule has 1 fully saturated rings. The molecule has 8 heteroatoms. The van der Waals surface area contributed by atoms with Crippen LogP contribution >= 0.6 is 15.9 Å². The number of ether oxygens (including phenoxy) is 2. The monoisotopic (exact) mass is 503 g/mol. The summed E-state index contributed by atoms with van der Waals surface area (Å²) in [5.74, 6) is 0.580. The lowest BCUT2D eigenvalue weighted by Gasteiger charge is -2.31. The topological polar surface area (TPSA) is 62.3 Å². The largest absolute Gasteiger partial charge is 0.443 e. The number of hydrogen-bond acceptors (Lipinski definition) is 5. The van der Waals surface area contributed by atoms with Gasteiger partial charge in [0.1, 0.15) is 11.4 Å². The second kappa shape index (κ2) is 8.90. The average molecular weight is 504 g/mol. The minimum Gasteiger partial charge on any atom is -0.443 e. The van der Waals surface area contributed by atoms with E-state index in [0.717, 1.165) is 35.1 Å². The first kappa shape index (κ1) is 22.9. The van der Waals surface area contributed by atoms with Crippen LogP contribution in [0.25, 0.3) is 10.8 Å². The molecular formula is C24H30BrN3O4. The van der Waals surface area contributed by atoms with Gasteiger partial charge in [-0.2, -0.15) is 0 Å². The van der Waals surface area contributed by atoms with Crippen LogP contribution in [-0.4, -0.2) is 72.7 Å². The van der Waals surface area contributed by atoms with E-state index >= 15 is 0 Å². The smallest absolute Gasteiger partial charge is 0.415 e. The first-order valence-corrected chi connectivity index (χ1v) is 12.1. The van der Waals surface area contributed by atoms with Crippen LogP contribution in [0.4, 0.5) is 15.3 Å². The molecular weight excluding hydrogens is 474 g/mol. The van der Waals surface area contributed by atoms with E-state index in [2.05, 4.69) is 20.8 Å². The zero-order chi connectivity index (χ0) is 23.0. The number of amides is 2. The summed E-state index contributed by atoms with van der Waals surface area (Å²) in [6, 6.07) is 9.71. The minimum absolute atomic E-state index is 0.116. The lowest BCUT2D eigenvalue weighted by Crippen LogP contribution is -2.48. The Morgan fingerprint density at radius 1 is 1.06 bits per heavy atom. The maximum atomic E-state index is 13.0. The zero-order valence-corrected chi connectivity index (χ0v) is 20.6. The molecule has 172 valence electrons. The van der Waals surface area contributed by atoms with E-state index in [4.69, 9.17) is 9.47 Å². The molecule has 0 aromatic heterocycles. The van der Waals surface area contributed by atoms with Crippen LogP contribution in [0.2, 0.25) is 0 Å². The number of alkyl halides is 1. The van der Waals surface area contributed by atoms with Crippen LogP contribution in [0, 0.1) is 0 Å². The molecule has 4 rings (SSSR count). The molecule has 2 aromatic carbocycles. The van der Waals surface area contributed by atoms with Crippen molar-refractivity contribution in [2.45, 2.75) is 32.3 Å². The number of fused-ring (bicyclic) bond motifs is 3. The van der Waals surface area contributed by atoms with E-state index in [1.807, 2.05) is 58.2 Å². The first-order chi connectivity index (χ1) is 15.2. The molecule has 2 aliphatic heterocycles. The van der Waals surface area contributed by atoms with Gasteiger partial charge in [-0.3, -0.25) is 4.90 Å². The van der Waals surface area contributed by atoms with Crippen molar-refractivity contribution in [1.82, 2.24) is 9.80 Å². The number of piperazine rings is 1. The molecule has 0 aliphatic carbocycles. The third-order valence-corrected chi connectivity index (χ3v) is 6.67. The van der Waals surface area contributed by atoms with Gasteiger partial charge in [0.2, 0.25) is 0 Å². The van der Waals surface area contributed by atoms with Gasteiger partial charge < -0.3 is 19.3 Å². The van der Waals surface area contributed by atoms with E-state index in [9.17, 15) is 9.59 Å². The quantitative estimate of drug-likeness (QED) is 0.549. The van der Waals surface area contributed by atoms with E-state index in [0.29, 0.717) is 30.7 Å². The highest BCUT2D eigenvalue weighted by molar-refractivity contribution is 9.09. The van der Waals surface area contributed by atoms with Crippen molar-refractivity contribution in [3.05, 3.63) is 35.9 Å². The average Bonchev–Trinajstić information content (AvgIpc) is 3.12. The number of carbonyl (C=O) groups is 2. The molecule has 0 unspecified atom stereocenters. The van der Waals surface area contributed by atoms with Gasteiger partial charge in [0.25, 0.3) is 0 Å². The van der Waals surface area contributed by atoms with Crippen LogP contribution in [0.3, 0.4) is 0 Å². The lowest BCUT2D eigenvalue weighted by atomic mass is 9.95. The number of halogens is 1. The third kappa shape index (κ3) is 4.57.